The highest BCUT2D eigenvalue weighted by atomic mass is 32.2. The number of aromatic amines is 1. The molecule has 1 aromatic carbocycles. The number of H-pyrrole nitrogens is 1. The molecule has 0 spiro atoms. The lowest BCUT2D eigenvalue weighted by Gasteiger charge is -2.24. The minimum absolute atomic E-state index is 0.0119. The van der Waals surface area contributed by atoms with Gasteiger partial charge in [-0.15, -0.1) is 0 Å². The Kier molecular flexibility index (Phi) is 6.91. The first-order valence-corrected chi connectivity index (χ1v) is 14.3. The quantitative estimate of drug-likeness (QED) is 0.452. The maximum absolute atomic E-state index is 11.7. The van der Waals surface area contributed by atoms with Crippen LogP contribution in [0.3, 0.4) is 0 Å². The topological polar surface area (TPSA) is 146 Å². The van der Waals surface area contributed by atoms with Gasteiger partial charge in [0.25, 0.3) is 0 Å². The summed E-state index contributed by atoms with van der Waals surface area (Å²) in [6.07, 6.45) is 4.35. The van der Waals surface area contributed by atoms with E-state index in [1.165, 1.54) is 24.0 Å². The van der Waals surface area contributed by atoms with E-state index in [-0.39, 0.29) is 28.7 Å². The molecule has 0 aliphatic carbocycles. The molecule has 1 atom stereocenters. The number of carbonyl (C=O) groups excluding carboxylic acids is 1. The number of aromatic nitrogens is 2. The van der Waals surface area contributed by atoms with Crippen LogP contribution in [0.2, 0.25) is 0 Å². The summed E-state index contributed by atoms with van der Waals surface area (Å²) in [5.41, 5.74) is 7.00. The molecule has 0 saturated carbocycles. The minimum Gasteiger partial charge on any atom is -0.488 e. The molecule has 2 aliphatic heterocycles. The Bertz CT molecular complexity index is 1410. The van der Waals surface area contributed by atoms with Gasteiger partial charge in [-0.2, -0.15) is 0 Å². The van der Waals surface area contributed by atoms with Crippen molar-refractivity contribution in [2.24, 2.45) is 10.7 Å². The largest absolute Gasteiger partial charge is 0.488 e. The van der Waals surface area contributed by atoms with Crippen molar-refractivity contribution in [3.63, 3.8) is 0 Å². The molecule has 3 N–H and O–H groups in total. The Morgan fingerprint density at radius 1 is 1.22 bits per heavy atom. The Morgan fingerprint density at radius 2 is 2.03 bits per heavy atom. The van der Waals surface area contributed by atoms with Crippen LogP contribution in [0.25, 0.3) is 10.9 Å². The van der Waals surface area contributed by atoms with Crippen molar-refractivity contribution in [1.29, 1.82) is 0 Å². The number of nitrogens with two attached hydrogens (primary N) is 1. The summed E-state index contributed by atoms with van der Waals surface area (Å²) >= 11 is 1.53. The molecule has 1 unspecified atom stereocenters. The van der Waals surface area contributed by atoms with Gasteiger partial charge in [0.05, 0.1) is 37.2 Å². The normalized spacial score (nSPS) is 18.8. The molecule has 1 amide bonds. The van der Waals surface area contributed by atoms with Gasteiger partial charge >= 0.3 is 0 Å². The summed E-state index contributed by atoms with van der Waals surface area (Å²) in [7, 11) is -3.40. The van der Waals surface area contributed by atoms with Gasteiger partial charge in [0.15, 0.2) is 14.9 Å². The number of ether oxygens (including phenoxy) is 3. The van der Waals surface area contributed by atoms with E-state index in [0.717, 1.165) is 40.7 Å². The fourth-order valence-corrected chi connectivity index (χ4v) is 5.76. The standard InChI is InChI=1S/C24H26N4O6S2/c1-36(30,31)22-3-2-16(12-26-22)33-17-8-14-9-19(24-27-13-18(35-24)11-21(25)29)28-23(14)20(10-17)34-15-4-6-32-7-5-15/h2-3,8-10,12,15,18,28H,4-7,11,13H2,1H3,(H2,25,29). The van der Waals surface area contributed by atoms with E-state index in [9.17, 15) is 13.2 Å². The number of nitrogens with one attached hydrogen (secondary N) is 1. The van der Waals surface area contributed by atoms with Gasteiger partial charge in [-0.25, -0.2) is 13.4 Å². The first kappa shape index (κ1) is 24.6. The summed E-state index contributed by atoms with van der Waals surface area (Å²) < 4.78 is 41.2. The lowest BCUT2D eigenvalue weighted by atomic mass is 10.1. The number of rotatable bonds is 8. The summed E-state index contributed by atoms with van der Waals surface area (Å²) in [5.74, 6) is 1.23. The van der Waals surface area contributed by atoms with Crippen molar-refractivity contribution in [2.75, 3.05) is 26.0 Å². The summed E-state index contributed by atoms with van der Waals surface area (Å²) in [6.45, 7) is 1.83. The lowest BCUT2D eigenvalue weighted by Crippen LogP contribution is -2.25. The van der Waals surface area contributed by atoms with Gasteiger partial charge in [-0.05, 0) is 24.3 Å². The van der Waals surface area contributed by atoms with Gasteiger partial charge in [-0.1, -0.05) is 11.8 Å². The van der Waals surface area contributed by atoms with E-state index in [4.69, 9.17) is 19.9 Å². The highest BCUT2D eigenvalue weighted by Gasteiger charge is 2.25. The molecule has 0 bridgehead atoms. The van der Waals surface area contributed by atoms with Gasteiger partial charge in [0.1, 0.15) is 28.4 Å². The van der Waals surface area contributed by atoms with Crippen LogP contribution in [0.1, 0.15) is 25.0 Å². The van der Waals surface area contributed by atoms with Crippen LogP contribution < -0.4 is 15.2 Å². The smallest absolute Gasteiger partial charge is 0.218 e. The Hall–Kier alpha value is -3.09. The molecule has 4 heterocycles. The third-order valence-corrected chi connectivity index (χ3v) is 8.05. The summed E-state index contributed by atoms with van der Waals surface area (Å²) in [6, 6.07) is 8.63. The lowest BCUT2D eigenvalue weighted by molar-refractivity contribution is -0.117. The second-order valence-electron chi connectivity index (χ2n) is 8.76. The average molecular weight is 531 g/mol. The molecule has 10 nitrogen and oxygen atoms in total. The van der Waals surface area contributed by atoms with E-state index in [1.807, 2.05) is 18.2 Å². The van der Waals surface area contributed by atoms with Gasteiger partial charge in [0, 0.05) is 42.2 Å². The van der Waals surface area contributed by atoms with E-state index in [1.54, 1.807) is 6.07 Å². The van der Waals surface area contributed by atoms with Gasteiger partial charge < -0.3 is 24.9 Å². The van der Waals surface area contributed by atoms with Crippen molar-refractivity contribution in [3.8, 4) is 17.2 Å². The van der Waals surface area contributed by atoms with Crippen LogP contribution in [0.15, 0.2) is 46.5 Å². The zero-order chi connectivity index (χ0) is 25.3. The third kappa shape index (κ3) is 5.66. The predicted molar refractivity (Wildman–Crippen MR) is 137 cm³/mol. The number of sulfone groups is 1. The van der Waals surface area contributed by atoms with Crippen LogP contribution >= 0.6 is 11.8 Å². The van der Waals surface area contributed by atoms with Crippen LogP contribution in [-0.2, 0) is 19.4 Å². The molecule has 190 valence electrons. The fourth-order valence-electron chi connectivity index (χ4n) is 4.10. The molecular weight excluding hydrogens is 504 g/mol. The van der Waals surface area contributed by atoms with Crippen molar-refractivity contribution in [1.82, 2.24) is 9.97 Å². The van der Waals surface area contributed by atoms with Crippen LogP contribution in [0.5, 0.6) is 17.2 Å². The maximum atomic E-state index is 11.7. The van der Waals surface area contributed by atoms with Crippen LogP contribution in [0, 0.1) is 0 Å². The highest BCUT2D eigenvalue weighted by Crippen LogP contribution is 2.37. The maximum Gasteiger partial charge on any atom is 0.218 e. The number of benzene rings is 1. The number of hydrogen-bond acceptors (Lipinski definition) is 9. The van der Waals surface area contributed by atoms with Crippen molar-refractivity contribution < 1.29 is 27.4 Å². The van der Waals surface area contributed by atoms with Gasteiger partial charge in [0.2, 0.25) is 5.91 Å². The van der Waals surface area contributed by atoms with Crippen molar-refractivity contribution in [3.05, 3.63) is 42.2 Å². The zero-order valence-electron chi connectivity index (χ0n) is 19.6. The molecule has 1 saturated heterocycles. The number of carbonyl (C=O) groups is 1. The Morgan fingerprint density at radius 3 is 2.72 bits per heavy atom. The first-order valence-electron chi connectivity index (χ1n) is 11.5. The number of aliphatic imine (C=N–C) groups is 1. The fraction of sp³-hybridized carbons (Fsp3) is 0.375. The Balaban J connectivity index is 1.45. The number of nitrogens with zero attached hydrogens (tertiary/aromatic N) is 2. The number of pyridine rings is 1. The summed E-state index contributed by atoms with van der Waals surface area (Å²) in [4.78, 5) is 23.3. The zero-order valence-corrected chi connectivity index (χ0v) is 21.2. The van der Waals surface area contributed by atoms with Crippen LogP contribution in [-0.4, -0.2) is 66.7 Å². The molecule has 1 fully saturated rings. The molecular formula is C24H26N4O6S2. The van der Waals surface area contributed by atoms with E-state index in [0.29, 0.717) is 37.0 Å². The van der Waals surface area contributed by atoms with E-state index >= 15 is 0 Å². The highest BCUT2D eigenvalue weighted by molar-refractivity contribution is 8.15. The molecule has 3 aromatic rings. The SMILES string of the molecule is CS(=O)(=O)c1ccc(Oc2cc(OC3CCOCC3)c3[nH]c(C4=NCC(CC(N)=O)S4)cc3c2)cn1. The van der Waals surface area contributed by atoms with Crippen molar-refractivity contribution >= 4 is 43.5 Å². The Labute approximate surface area is 212 Å². The first-order chi connectivity index (χ1) is 17.2. The van der Waals surface area contributed by atoms with Gasteiger partial charge in [-0.3, -0.25) is 9.79 Å². The number of thioether (sulfide) groups is 1. The van der Waals surface area contributed by atoms with Crippen molar-refractivity contribution in [2.45, 2.75) is 35.6 Å². The molecule has 0 radical (unpaired) electrons. The molecule has 12 heteroatoms. The summed E-state index contributed by atoms with van der Waals surface area (Å²) in [5, 5.41) is 1.70. The number of primary amides is 1. The number of amides is 1. The molecule has 5 rings (SSSR count). The molecule has 2 aromatic heterocycles. The molecule has 36 heavy (non-hydrogen) atoms. The third-order valence-electron chi connectivity index (χ3n) is 5.83. The predicted octanol–water partition coefficient (Wildman–Crippen LogP) is 3.05. The minimum atomic E-state index is -3.40. The monoisotopic (exact) mass is 530 g/mol. The van der Waals surface area contributed by atoms with E-state index < -0.39 is 9.84 Å². The van der Waals surface area contributed by atoms with Crippen LogP contribution in [0.4, 0.5) is 0 Å². The average Bonchev–Trinajstić information content (AvgIpc) is 3.46. The second-order valence-corrected chi connectivity index (χ2v) is 12.0. The molecule has 2 aliphatic rings. The second kappa shape index (κ2) is 10.1. The van der Waals surface area contributed by atoms with E-state index in [2.05, 4.69) is 15.0 Å². The number of fused-ring (bicyclic) bond motifs is 1. The number of hydrogen-bond donors (Lipinski definition) is 2.